The number of amides is 1. The zero-order valence-electron chi connectivity index (χ0n) is 17.8. The van der Waals surface area contributed by atoms with Crippen LogP contribution >= 0.6 is 11.6 Å². The van der Waals surface area contributed by atoms with Gasteiger partial charge in [0, 0.05) is 48.9 Å². The van der Waals surface area contributed by atoms with Gasteiger partial charge in [0.1, 0.15) is 11.6 Å². The van der Waals surface area contributed by atoms with Crippen LogP contribution in [0.3, 0.4) is 0 Å². The minimum Gasteiger partial charge on any atom is -0.326 e. The molecular formula is C23H29ClF2N4O. The van der Waals surface area contributed by atoms with E-state index in [1.54, 1.807) is 6.07 Å². The van der Waals surface area contributed by atoms with Crippen molar-refractivity contribution in [1.82, 2.24) is 14.8 Å². The maximum Gasteiger partial charge on any atom is 0.248 e. The second kappa shape index (κ2) is 9.23. The molecule has 2 aliphatic rings. The second-order valence-electron chi connectivity index (χ2n) is 8.93. The average molecular weight is 451 g/mol. The normalized spacial score (nSPS) is 18.8. The highest BCUT2D eigenvalue weighted by Crippen LogP contribution is 2.39. The van der Waals surface area contributed by atoms with E-state index >= 15 is 0 Å². The van der Waals surface area contributed by atoms with Gasteiger partial charge < -0.3 is 9.88 Å². The summed E-state index contributed by atoms with van der Waals surface area (Å²) in [7, 11) is 0. The fourth-order valence-corrected chi connectivity index (χ4v) is 4.53. The molecule has 2 aromatic rings. The van der Waals surface area contributed by atoms with E-state index in [-0.39, 0.29) is 18.7 Å². The number of nitrogens with one attached hydrogen (secondary N) is 1. The fourth-order valence-electron chi connectivity index (χ4n) is 4.36. The third kappa shape index (κ3) is 5.62. The van der Waals surface area contributed by atoms with E-state index in [0.29, 0.717) is 42.7 Å². The summed E-state index contributed by atoms with van der Waals surface area (Å²) < 4.78 is 29.0. The molecular weight excluding hydrogens is 422 g/mol. The van der Waals surface area contributed by atoms with Crippen LogP contribution in [0.2, 0.25) is 5.02 Å². The number of nitrogens with zero attached hydrogens (tertiary/aromatic N) is 3. The molecule has 0 spiro atoms. The van der Waals surface area contributed by atoms with Crippen LogP contribution in [0.1, 0.15) is 74.6 Å². The van der Waals surface area contributed by atoms with E-state index in [2.05, 4.69) is 20.1 Å². The second-order valence-corrected chi connectivity index (χ2v) is 9.34. The van der Waals surface area contributed by atoms with Crippen LogP contribution in [-0.4, -0.2) is 26.6 Å². The van der Waals surface area contributed by atoms with Crippen LogP contribution in [-0.2, 0) is 17.6 Å². The van der Waals surface area contributed by atoms with E-state index in [4.69, 9.17) is 11.6 Å². The highest BCUT2D eigenvalue weighted by atomic mass is 35.5. The van der Waals surface area contributed by atoms with Gasteiger partial charge in [0.25, 0.3) is 0 Å². The van der Waals surface area contributed by atoms with E-state index in [1.165, 1.54) is 0 Å². The molecule has 2 saturated carbocycles. The van der Waals surface area contributed by atoms with E-state index in [0.717, 1.165) is 48.6 Å². The minimum atomic E-state index is -2.48. The first-order valence-electron chi connectivity index (χ1n) is 11.2. The summed E-state index contributed by atoms with van der Waals surface area (Å²) in [6, 6.07) is 5.86. The number of alkyl halides is 2. The minimum absolute atomic E-state index is 0.000551. The summed E-state index contributed by atoms with van der Waals surface area (Å²) in [5, 5.41) is 12.3. The molecule has 2 aliphatic carbocycles. The topological polar surface area (TPSA) is 59.8 Å². The third-order valence-electron chi connectivity index (χ3n) is 6.48. The predicted molar refractivity (Wildman–Crippen MR) is 117 cm³/mol. The molecule has 31 heavy (non-hydrogen) atoms. The van der Waals surface area contributed by atoms with Crippen LogP contribution in [0.5, 0.6) is 0 Å². The summed E-state index contributed by atoms with van der Waals surface area (Å²) in [6.07, 6.45) is 5.82. The van der Waals surface area contributed by atoms with Gasteiger partial charge in [0.15, 0.2) is 0 Å². The molecule has 0 radical (unpaired) electrons. The Kier molecular flexibility index (Phi) is 6.60. The zero-order valence-corrected chi connectivity index (χ0v) is 18.6. The first kappa shape index (κ1) is 22.2. The van der Waals surface area contributed by atoms with Crippen LogP contribution < -0.4 is 5.32 Å². The van der Waals surface area contributed by atoms with Gasteiger partial charge in [0.05, 0.1) is 0 Å². The molecule has 0 unspecified atom stereocenters. The molecule has 0 atom stereocenters. The standard InChI is InChI=1S/C23H29ClF2N4O/c1-15-18(24)3-2-4-19(15)27-22(31)10-9-21-29-28-20(30(21)17-6-7-17)8-5-16-11-13-23(25,26)14-12-16/h2-4,16-17H,5-14H2,1H3,(H,27,31). The summed E-state index contributed by atoms with van der Waals surface area (Å²) in [5.74, 6) is -0.465. The first-order chi connectivity index (χ1) is 14.8. The Morgan fingerprint density at radius 2 is 1.84 bits per heavy atom. The first-order valence-corrected chi connectivity index (χ1v) is 11.6. The molecule has 8 heteroatoms. The Labute approximate surface area is 186 Å². The number of aromatic nitrogens is 3. The van der Waals surface area contributed by atoms with Gasteiger partial charge in [-0.15, -0.1) is 10.2 Å². The van der Waals surface area contributed by atoms with Gasteiger partial charge in [0.2, 0.25) is 11.8 Å². The van der Waals surface area contributed by atoms with Crippen molar-refractivity contribution in [2.45, 2.75) is 83.1 Å². The molecule has 1 N–H and O–H groups in total. The van der Waals surface area contributed by atoms with Crippen molar-refractivity contribution in [2.24, 2.45) is 5.92 Å². The van der Waals surface area contributed by atoms with E-state index in [1.807, 2.05) is 19.1 Å². The quantitative estimate of drug-likeness (QED) is 0.544. The largest absolute Gasteiger partial charge is 0.326 e. The molecule has 0 aliphatic heterocycles. The van der Waals surface area contributed by atoms with Crippen molar-refractivity contribution in [3.05, 3.63) is 40.4 Å². The molecule has 5 nitrogen and oxygen atoms in total. The Hall–Kier alpha value is -2.02. The summed E-state index contributed by atoms with van der Waals surface area (Å²) in [5.41, 5.74) is 1.57. The summed E-state index contributed by atoms with van der Waals surface area (Å²) in [6.45, 7) is 1.88. The number of hydrogen-bond donors (Lipinski definition) is 1. The van der Waals surface area contributed by atoms with Crippen molar-refractivity contribution in [2.75, 3.05) is 5.32 Å². The van der Waals surface area contributed by atoms with E-state index in [9.17, 15) is 13.6 Å². The number of benzene rings is 1. The molecule has 168 valence electrons. The molecule has 0 saturated heterocycles. The molecule has 1 heterocycles. The Bertz CT molecular complexity index is 932. The SMILES string of the molecule is Cc1c(Cl)cccc1NC(=O)CCc1nnc(CCC2CCC(F)(F)CC2)n1C1CC1. The lowest BCUT2D eigenvalue weighted by molar-refractivity contribution is -0.116. The monoisotopic (exact) mass is 450 g/mol. The Morgan fingerprint density at radius 3 is 2.52 bits per heavy atom. The van der Waals surface area contributed by atoms with Crippen LogP contribution in [0.4, 0.5) is 14.5 Å². The van der Waals surface area contributed by atoms with Gasteiger partial charge in [-0.1, -0.05) is 17.7 Å². The van der Waals surface area contributed by atoms with Crippen molar-refractivity contribution >= 4 is 23.2 Å². The lowest BCUT2D eigenvalue weighted by Gasteiger charge is -2.28. The summed E-state index contributed by atoms with van der Waals surface area (Å²) >= 11 is 6.13. The van der Waals surface area contributed by atoms with Gasteiger partial charge in [-0.3, -0.25) is 4.79 Å². The highest BCUT2D eigenvalue weighted by Gasteiger charge is 2.35. The number of halogens is 3. The van der Waals surface area contributed by atoms with Crippen molar-refractivity contribution in [3.8, 4) is 0 Å². The number of anilines is 1. The predicted octanol–water partition coefficient (Wildman–Crippen LogP) is 5.90. The van der Waals surface area contributed by atoms with Crippen molar-refractivity contribution in [3.63, 3.8) is 0 Å². The third-order valence-corrected chi connectivity index (χ3v) is 6.89. The maximum absolute atomic E-state index is 13.4. The van der Waals surface area contributed by atoms with Gasteiger partial charge in [-0.05, 0) is 62.6 Å². The average Bonchev–Trinajstić information content (AvgIpc) is 3.49. The van der Waals surface area contributed by atoms with Crippen molar-refractivity contribution < 1.29 is 13.6 Å². The van der Waals surface area contributed by atoms with Crippen LogP contribution in [0.15, 0.2) is 18.2 Å². The van der Waals surface area contributed by atoms with Crippen LogP contribution in [0.25, 0.3) is 0 Å². The van der Waals surface area contributed by atoms with Gasteiger partial charge >= 0.3 is 0 Å². The molecule has 1 amide bonds. The van der Waals surface area contributed by atoms with Crippen LogP contribution in [0, 0.1) is 12.8 Å². The molecule has 4 rings (SSSR count). The van der Waals surface area contributed by atoms with Crippen molar-refractivity contribution in [1.29, 1.82) is 0 Å². The Balaban J connectivity index is 1.33. The van der Waals surface area contributed by atoms with Gasteiger partial charge in [-0.25, -0.2) is 8.78 Å². The fraction of sp³-hybridized carbons (Fsp3) is 0.609. The molecule has 0 bridgehead atoms. The van der Waals surface area contributed by atoms with Gasteiger partial charge in [-0.2, -0.15) is 0 Å². The number of hydrogen-bond acceptors (Lipinski definition) is 3. The zero-order chi connectivity index (χ0) is 22.0. The molecule has 2 fully saturated rings. The number of aryl methyl sites for hydroxylation is 2. The lowest BCUT2D eigenvalue weighted by Crippen LogP contribution is -2.25. The Morgan fingerprint density at radius 1 is 1.16 bits per heavy atom. The highest BCUT2D eigenvalue weighted by molar-refractivity contribution is 6.31. The lowest BCUT2D eigenvalue weighted by atomic mass is 9.84. The molecule has 1 aromatic heterocycles. The number of carbonyl (C=O) groups is 1. The molecule has 1 aromatic carbocycles. The number of rotatable bonds is 8. The van der Waals surface area contributed by atoms with E-state index < -0.39 is 5.92 Å². The number of carbonyl (C=O) groups excluding carboxylic acids is 1. The summed E-state index contributed by atoms with van der Waals surface area (Å²) in [4.78, 5) is 12.5. The smallest absolute Gasteiger partial charge is 0.248 e. The maximum atomic E-state index is 13.4.